The van der Waals surface area contributed by atoms with E-state index in [1.807, 2.05) is 0 Å². The largest absolute Gasteiger partial charge is 0.514 e. The Morgan fingerprint density at radius 3 is 2.05 bits per heavy atom. The summed E-state index contributed by atoms with van der Waals surface area (Å²) in [5, 5.41) is 43.6. The van der Waals surface area contributed by atoms with E-state index in [4.69, 9.17) is 23.7 Å². The highest BCUT2D eigenvalue weighted by Gasteiger charge is 2.43. The molecule has 6 N–H and O–H groups in total. The summed E-state index contributed by atoms with van der Waals surface area (Å²) < 4.78 is 25.3. The molecule has 1 aromatic rings. The maximum Gasteiger partial charge on any atom is 0.514 e. The second kappa shape index (κ2) is 14.6. The Hall–Kier alpha value is -3.50. The van der Waals surface area contributed by atoms with E-state index in [2.05, 4.69) is 10.6 Å². The summed E-state index contributed by atoms with van der Waals surface area (Å²) in [5.41, 5.74) is -1.02. The molecule has 42 heavy (non-hydrogen) atoms. The highest BCUT2D eigenvalue weighted by Crippen LogP contribution is 2.20. The zero-order valence-corrected chi connectivity index (χ0v) is 24.4. The fourth-order valence-electron chi connectivity index (χ4n) is 3.53. The minimum atomic E-state index is -1.80. The average molecular weight is 601 g/mol. The number of carbonyl (C=O) groups is 4. The second-order valence-electron chi connectivity index (χ2n) is 11.6. The van der Waals surface area contributed by atoms with Crippen molar-refractivity contribution in [2.75, 3.05) is 13.2 Å². The zero-order valence-electron chi connectivity index (χ0n) is 24.4. The Kier molecular flexibility index (Phi) is 12.1. The number of ether oxygens (including phenoxy) is 5. The van der Waals surface area contributed by atoms with Gasteiger partial charge < -0.3 is 54.7 Å². The number of aliphatic hydroxyl groups is 4. The lowest BCUT2D eigenvalue weighted by molar-refractivity contribution is -0.287. The number of benzene rings is 1. The first kappa shape index (κ1) is 34.7. The third-order valence-electron chi connectivity index (χ3n) is 5.46. The van der Waals surface area contributed by atoms with E-state index in [1.165, 1.54) is 12.1 Å². The number of esters is 1. The smallest absolute Gasteiger partial charge is 0.461 e. The predicted octanol–water partition coefficient (Wildman–Crippen LogP) is -0.104. The molecule has 1 heterocycles. The van der Waals surface area contributed by atoms with Gasteiger partial charge in [0.25, 0.3) is 0 Å². The molecule has 0 bridgehead atoms. The molecule has 1 saturated heterocycles. The first-order valence-electron chi connectivity index (χ1n) is 13.1. The molecular formula is C27H40N2O13. The lowest BCUT2D eigenvalue weighted by atomic mass is 9.99. The number of hydrogen-bond donors (Lipinski definition) is 6. The quantitative estimate of drug-likeness (QED) is 0.124. The van der Waals surface area contributed by atoms with E-state index < -0.39 is 85.2 Å². The molecule has 1 fully saturated rings. The topological polar surface area (TPSA) is 219 Å². The normalized spacial score (nSPS) is 23.2. The zero-order chi connectivity index (χ0) is 31.8. The van der Waals surface area contributed by atoms with Crippen LogP contribution in [0.1, 0.15) is 47.1 Å². The number of nitrogens with one attached hydrogen (secondary N) is 2. The van der Waals surface area contributed by atoms with Crippen molar-refractivity contribution in [2.45, 2.75) is 95.9 Å². The molecular weight excluding hydrogens is 560 g/mol. The van der Waals surface area contributed by atoms with Crippen LogP contribution in [-0.4, -0.2) is 106 Å². The lowest BCUT2D eigenvalue weighted by Gasteiger charge is -2.37. The van der Waals surface area contributed by atoms with Gasteiger partial charge in [-0.1, -0.05) is 12.1 Å². The van der Waals surface area contributed by atoms with Crippen LogP contribution in [0, 0.1) is 0 Å². The van der Waals surface area contributed by atoms with Crippen molar-refractivity contribution in [1.82, 2.24) is 10.6 Å². The van der Waals surface area contributed by atoms with Gasteiger partial charge in [-0.05, 0) is 59.2 Å². The van der Waals surface area contributed by atoms with E-state index in [1.54, 1.807) is 53.7 Å². The number of aliphatic hydroxyl groups excluding tert-OH is 4. The molecule has 15 nitrogen and oxygen atoms in total. The summed E-state index contributed by atoms with van der Waals surface area (Å²) >= 11 is 0. The van der Waals surface area contributed by atoms with E-state index in [0.29, 0.717) is 5.56 Å². The second-order valence-corrected chi connectivity index (χ2v) is 11.6. The van der Waals surface area contributed by atoms with Gasteiger partial charge in [0.15, 0.2) is 6.29 Å². The summed E-state index contributed by atoms with van der Waals surface area (Å²) in [6.07, 6.45) is -10.0. The Morgan fingerprint density at radius 2 is 1.48 bits per heavy atom. The maximum absolute atomic E-state index is 12.9. The molecule has 0 aromatic heterocycles. The standard InChI is InChI=1S/C27H40N2O13/c1-26(2,3)41-24(36)29-16(11-14-7-9-15(10-8-14)39-25(37)42-27(4,5)6)22(34)28-12-18(30)38-13-17-19(31)20(32)21(33)23(35)40-17/h7-10,16-17,19-21,23,31-33,35H,11-13H2,1-6H3,(H,28,34)(H,29,36)/t16-,17+,19+,20-,21+,23-/m0/s1. The summed E-state index contributed by atoms with van der Waals surface area (Å²) in [6.45, 7) is 8.79. The first-order chi connectivity index (χ1) is 19.3. The van der Waals surface area contributed by atoms with Crippen LogP contribution in [0.25, 0.3) is 0 Å². The van der Waals surface area contributed by atoms with Crippen molar-refractivity contribution in [2.24, 2.45) is 0 Å². The van der Waals surface area contributed by atoms with Gasteiger partial charge in [0.1, 0.15) is 60.6 Å². The fourth-order valence-corrected chi connectivity index (χ4v) is 3.53. The summed E-state index contributed by atoms with van der Waals surface area (Å²) in [6, 6.07) is 4.91. The van der Waals surface area contributed by atoms with Gasteiger partial charge in [-0.2, -0.15) is 0 Å². The first-order valence-corrected chi connectivity index (χ1v) is 13.1. The molecule has 0 radical (unpaired) electrons. The molecule has 2 amide bonds. The van der Waals surface area contributed by atoms with Crippen LogP contribution in [0.3, 0.4) is 0 Å². The van der Waals surface area contributed by atoms with Gasteiger partial charge in [0, 0.05) is 6.42 Å². The minimum absolute atomic E-state index is 0.0347. The number of carbonyl (C=O) groups excluding carboxylic acids is 4. The fraction of sp³-hybridized carbons (Fsp3) is 0.630. The molecule has 6 atom stereocenters. The SMILES string of the molecule is CC(C)(C)OC(=O)N[C@@H](Cc1ccc(OC(=O)OC(C)(C)C)cc1)C(=O)NCC(=O)OC[C@H]1O[C@H](O)[C@H](O)[C@@H](O)[C@@H]1O. The number of hydrogen-bond acceptors (Lipinski definition) is 13. The third-order valence-corrected chi connectivity index (χ3v) is 5.46. The van der Waals surface area contributed by atoms with Crippen molar-refractivity contribution in [3.8, 4) is 5.75 Å². The van der Waals surface area contributed by atoms with E-state index in [9.17, 15) is 39.6 Å². The summed E-state index contributed by atoms with van der Waals surface area (Å²) in [4.78, 5) is 49.5. The Bertz CT molecular complexity index is 1080. The van der Waals surface area contributed by atoms with E-state index in [-0.39, 0.29) is 12.2 Å². The van der Waals surface area contributed by atoms with Crippen LogP contribution in [0.5, 0.6) is 5.75 Å². The molecule has 2 rings (SSSR count). The van der Waals surface area contributed by atoms with Crippen LogP contribution < -0.4 is 15.4 Å². The number of amides is 2. The molecule has 1 aliphatic heterocycles. The molecule has 15 heteroatoms. The monoisotopic (exact) mass is 600 g/mol. The minimum Gasteiger partial charge on any atom is -0.461 e. The third kappa shape index (κ3) is 11.8. The molecule has 1 aromatic carbocycles. The van der Waals surface area contributed by atoms with Crippen molar-refractivity contribution >= 4 is 24.1 Å². The average Bonchev–Trinajstić information content (AvgIpc) is 2.85. The van der Waals surface area contributed by atoms with E-state index >= 15 is 0 Å². The van der Waals surface area contributed by atoms with Gasteiger partial charge in [-0.3, -0.25) is 9.59 Å². The van der Waals surface area contributed by atoms with Gasteiger partial charge in [0.05, 0.1) is 0 Å². The Morgan fingerprint density at radius 1 is 0.881 bits per heavy atom. The van der Waals surface area contributed by atoms with Crippen molar-refractivity contribution in [3.63, 3.8) is 0 Å². The van der Waals surface area contributed by atoms with Crippen molar-refractivity contribution in [1.29, 1.82) is 0 Å². The predicted molar refractivity (Wildman–Crippen MR) is 143 cm³/mol. The van der Waals surface area contributed by atoms with Gasteiger partial charge in [0.2, 0.25) is 5.91 Å². The van der Waals surface area contributed by atoms with Gasteiger partial charge in [-0.15, -0.1) is 0 Å². The van der Waals surface area contributed by atoms with Crippen LogP contribution in [0.4, 0.5) is 9.59 Å². The molecule has 0 aliphatic carbocycles. The number of alkyl carbamates (subject to hydrolysis) is 1. The van der Waals surface area contributed by atoms with Crippen molar-refractivity contribution < 1.29 is 63.3 Å². The van der Waals surface area contributed by atoms with Crippen LogP contribution >= 0.6 is 0 Å². The molecule has 236 valence electrons. The summed E-state index contributed by atoms with van der Waals surface area (Å²) in [5.74, 6) is -1.51. The molecule has 1 aliphatic rings. The van der Waals surface area contributed by atoms with Gasteiger partial charge in [-0.25, -0.2) is 9.59 Å². The van der Waals surface area contributed by atoms with Crippen LogP contribution in [0.2, 0.25) is 0 Å². The van der Waals surface area contributed by atoms with Crippen LogP contribution in [-0.2, 0) is 35.0 Å². The maximum atomic E-state index is 12.9. The van der Waals surface area contributed by atoms with Crippen LogP contribution in [0.15, 0.2) is 24.3 Å². The highest BCUT2D eigenvalue weighted by molar-refractivity contribution is 5.88. The highest BCUT2D eigenvalue weighted by atomic mass is 16.7. The van der Waals surface area contributed by atoms with Crippen molar-refractivity contribution in [3.05, 3.63) is 29.8 Å². The molecule has 0 spiro atoms. The van der Waals surface area contributed by atoms with Gasteiger partial charge >= 0.3 is 18.2 Å². The number of rotatable bonds is 9. The van der Waals surface area contributed by atoms with E-state index in [0.717, 1.165) is 0 Å². The molecule has 0 saturated carbocycles. The lowest BCUT2D eigenvalue weighted by Crippen LogP contribution is -2.58. The Labute approximate surface area is 243 Å². The summed E-state index contributed by atoms with van der Waals surface area (Å²) in [7, 11) is 0. The molecule has 0 unspecified atom stereocenters. The Balaban J connectivity index is 1.99.